The number of nitrogens with two attached hydrogens (primary N) is 1. The van der Waals surface area contributed by atoms with E-state index in [1.807, 2.05) is 0 Å². The van der Waals surface area contributed by atoms with Crippen LogP contribution >= 0.6 is 0 Å². The fraction of sp³-hybridized carbons (Fsp3) is 0.917. The zero-order valence-electron chi connectivity index (χ0n) is 9.71. The van der Waals surface area contributed by atoms with Gasteiger partial charge in [-0.1, -0.05) is 19.8 Å². The van der Waals surface area contributed by atoms with Crippen molar-refractivity contribution in [1.82, 2.24) is 0 Å². The second-order valence-corrected chi connectivity index (χ2v) is 4.46. The average Bonchev–Trinajstić information content (AvgIpc) is 2.27. The molecular weight excluding hydrogens is 190 g/mol. The molecule has 1 fully saturated rings. The second-order valence-electron chi connectivity index (χ2n) is 4.46. The van der Waals surface area contributed by atoms with E-state index < -0.39 is 0 Å². The van der Waals surface area contributed by atoms with Gasteiger partial charge >= 0.3 is 5.97 Å². The van der Waals surface area contributed by atoms with E-state index in [9.17, 15) is 4.79 Å². The van der Waals surface area contributed by atoms with Gasteiger partial charge in [0.05, 0.1) is 0 Å². The van der Waals surface area contributed by atoms with Crippen molar-refractivity contribution in [2.75, 3.05) is 6.54 Å². The summed E-state index contributed by atoms with van der Waals surface area (Å²) in [6, 6.07) is 0. The summed E-state index contributed by atoms with van der Waals surface area (Å²) in [4.78, 5) is 11.6. The van der Waals surface area contributed by atoms with E-state index in [4.69, 9.17) is 10.5 Å². The number of carbonyl (C=O) groups excluding carboxylic acids is 1. The van der Waals surface area contributed by atoms with Crippen molar-refractivity contribution < 1.29 is 9.53 Å². The Morgan fingerprint density at radius 2 is 2.07 bits per heavy atom. The average molecular weight is 213 g/mol. The molecule has 2 N–H and O–H groups in total. The second kappa shape index (κ2) is 6.83. The van der Waals surface area contributed by atoms with E-state index in [0.717, 1.165) is 19.3 Å². The van der Waals surface area contributed by atoms with Gasteiger partial charge in [-0.15, -0.1) is 0 Å². The number of hydrogen-bond acceptors (Lipinski definition) is 3. The zero-order valence-corrected chi connectivity index (χ0v) is 9.71. The Hall–Kier alpha value is -0.570. The Morgan fingerprint density at radius 1 is 1.40 bits per heavy atom. The lowest BCUT2D eigenvalue weighted by molar-refractivity contribution is -0.151. The van der Waals surface area contributed by atoms with Crippen LogP contribution < -0.4 is 5.73 Å². The van der Waals surface area contributed by atoms with Gasteiger partial charge in [0.15, 0.2) is 0 Å². The lowest BCUT2D eigenvalue weighted by Gasteiger charge is -2.22. The third-order valence-electron chi connectivity index (χ3n) is 3.22. The van der Waals surface area contributed by atoms with Crippen molar-refractivity contribution in [3.8, 4) is 0 Å². The molecule has 0 bridgehead atoms. The topological polar surface area (TPSA) is 52.3 Å². The Kier molecular flexibility index (Phi) is 5.69. The maximum atomic E-state index is 11.6. The fourth-order valence-electron chi connectivity index (χ4n) is 2.05. The van der Waals surface area contributed by atoms with Gasteiger partial charge in [-0.05, 0) is 38.1 Å². The normalized spacial score (nSPS) is 19.9. The number of hydrogen-bond donors (Lipinski definition) is 1. The summed E-state index contributed by atoms with van der Waals surface area (Å²) in [5.74, 6) is 0.236. The molecule has 1 unspecified atom stereocenters. The SMILES string of the molecule is CCC(CN)CC(=O)OC1CCCCC1. The van der Waals surface area contributed by atoms with Crippen LogP contribution in [0.3, 0.4) is 0 Å². The van der Waals surface area contributed by atoms with Crippen molar-refractivity contribution in [3.63, 3.8) is 0 Å². The van der Waals surface area contributed by atoms with Crippen LogP contribution in [0, 0.1) is 5.92 Å². The molecule has 88 valence electrons. The van der Waals surface area contributed by atoms with Gasteiger partial charge < -0.3 is 10.5 Å². The molecule has 0 aromatic rings. The highest BCUT2D eigenvalue weighted by Crippen LogP contribution is 2.21. The standard InChI is InChI=1S/C12H23NO2/c1-2-10(9-13)8-12(14)15-11-6-4-3-5-7-11/h10-11H,2-9,13H2,1H3. The van der Waals surface area contributed by atoms with E-state index in [1.54, 1.807) is 0 Å². The molecule has 0 heterocycles. The van der Waals surface area contributed by atoms with E-state index in [1.165, 1.54) is 19.3 Å². The summed E-state index contributed by atoms with van der Waals surface area (Å²) in [5.41, 5.74) is 5.56. The molecule has 0 saturated heterocycles. The molecule has 15 heavy (non-hydrogen) atoms. The Labute approximate surface area is 92.4 Å². The summed E-state index contributed by atoms with van der Waals surface area (Å²) < 4.78 is 5.43. The van der Waals surface area contributed by atoms with Gasteiger partial charge in [0.2, 0.25) is 0 Å². The molecule has 1 aliphatic carbocycles. The van der Waals surface area contributed by atoms with Crippen LogP contribution in [0.4, 0.5) is 0 Å². The van der Waals surface area contributed by atoms with E-state index in [-0.39, 0.29) is 12.1 Å². The summed E-state index contributed by atoms with van der Waals surface area (Å²) in [6.07, 6.45) is 7.41. The van der Waals surface area contributed by atoms with Crippen LogP contribution in [-0.4, -0.2) is 18.6 Å². The molecule has 3 nitrogen and oxygen atoms in total. The summed E-state index contributed by atoms with van der Waals surface area (Å²) >= 11 is 0. The number of carbonyl (C=O) groups is 1. The van der Waals surface area contributed by atoms with Crippen molar-refractivity contribution in [3.05, 3.63) is 0 Å². The molecule has 0 aromatic carbocycles. The van der Waals surface area contributed by atoms with Gasteiger partial charge in [0, 0.05) is 6.42 Å². The fourth-order valence-corrected chi connectivity index (χ4v) is 2.05. The lowest BCUT2D eigenvalue weighted by atomic mass is 9.97. The molecule has 3 heteroatoms. The molecule has 0 radical (unpaired) electrons. The number of esters is 1. The predicted molar refractivity (Wildman–Crippen MR) is 60.4 cm³/mol. The molecular formula is C12H23NO2. The molecule has 0 spiro atoms. The van der Waals surface area contributed by atoms with Crippen molar-refractivity contribution in [1.29, 1.82) is 0 Å². The molecule has 0 amide bonds. The summed E-state index contributed by atoms with van der Waals surface area (Å²) in [5, 5.41) is 0. The molecule has 1 rings (SSSR count). The van der Waals surface area contributed by atoms with Crippen molar-refractivity contribution in [2.45, 2.75) is 58.0 Å². The van der Waals surface area contributed by atoms with Crippen LogP contribution in [-0.2, 0) is 9.53 Å². The predicted octanol–water partition coefficient (Wildman–Crippen LogP) is 2.24. The highest BCUT2D eigenvalue weighted by atomic mass is 16.5. The Bertz CT molecular complexity index is 184. The zero-order chi connectivity index (χ0) is 11.1. The maximum absolute atomic E-state index is 11.6. The van der Waals surface area contributed by atoms with Crippen LogP contribution in [0.25, 0.3) is 0 Å². The minimum absolute atomic E-state index is 0.0563. The van der Waals surface area contributed by atoms with Gasteiger partial charge in [-0.2, -0.15) is 0 Å². The monoisotopic (exact) mass is 213 g/mol. The maximum Gasteiger partial charge on any atom is 0.306 e. The van der Waals surface area contributed by atoms with Crippen LogP contribution in [0.5, 0.6) is 0 Å². The lowest BCUT2D eigenvalue weighted by Crippen LogP contribution is -2.24. The van der Waals surface area contributed by atoms with E-state index in [2.05, 4.69) is 6.92 Å². The first-order valence-electron chi connectivity index (χ1n) is 6.15. The van der Waals surface area contributed by atoms with Crippen LogP contribution in [0.15, 0.2) is 0 Å². The smallest absolute Gasteiger partial charge is 0.306 e. The molecule has 0 aromatic heterocycles. The highest BCUT2D eigenvalue weighted by Gasteiger charge is 2.19. The first-order valence-corrected chi connectivity index (χ1v) is 6.15. The minimum atomic E-state index is -0.0563. The molecule has 1 atom stereocenters. The first-order chi connectivity index (χ1) is 7.26. The van der Waals surface area contributed by atoms with Crippen LogP contribution in [0.1, 0.15) is 51.9 Å². The van der Waals surface area contributed by atoms with Gasteiger partial charge in [-0.25, -0.2) is 0 Å². The molecule has 1 aliphatic rings. The third kappa shape index (κ3) is 4.65. The Balaban J connectivity index is 2.21. The molecule has 1 saturated carbocycles. The molecule has 0 aliphatic heterocycles. The summed E-state index contributed by atoms with van der Waals surface area (Å²) in [7, 11) is 0. The Morgan fingerprint density at radius 3 is 2.60 bits per heavy atom. The van der Waals surface area contributed by atoms with E-state index in [0.29, 0.717) is 18.9 Å². The number of rotatable bonds is 5. The third-order valence-corrected chi connectivity index (χ3v) is 3.22. The minimum Gasteiger partial charge on any atom is -0.462 e. The largest absolute Gasteiger partial charge is 0.462 e. The number of ether oxygens (including phenoxy) is 1. The van der Waals surface area contributed by atoms with Gasteiger partial charge in [0.1, 0.15) is 6.10 Å². The first kappa shape index (κ1) is 12.5. The van der Waals surface area contributed by atoms with Crippen molar-refractivity contribution in [2.24, 2.45) is 11.7 Å². The van der Waals surface area contributed by atoms with Gasteiger partial charge in [0.25, 0.3) is 0 Å². The summed E-state index contributed by atoms with van der Waals surface area (Å²) in [6.45, 7) is 2.64. The van der Waals surface area contributed by atoms with Gasteiger partial charge in [-0.3, -0.25) is 4.79 Å². The quantitative estimate of drug-likeness (QED) is 0.712. The van der Waals surface area contributed by atoms with Crippen molar-refractivity contribution >= 4 is 5.97 Å². The van der Waals surface area contributed by atoms with Crippen LogP contribution in [0.2, 0.25) is 0 Å². The highest BCUT2D eigenvalue weighted by molar-refractivity contribution is 5.69. The van der Waals surface area contributed by atoms with E-state index >= 15 is 0 Å².